The summed E-state index contributed by atoms with van der Waals surface area (Å²) >= 11 is 0. The van der Waals surface area contributed by atoms with E-state index in [4.69, 9.17) is 33.2 Å². The zero-order chi connectivity index (χ0) is 39.9. The number of rotatable bonds is 17. The van der Waals surface area contributed by atoms with Crippen LogP contribution in [-0.4, -0.2) is 99.2 Å². The number of hydrogen-bond donors (Lipinski definition) is 2. The summed E-state index contributed by atoms with van der Waals surface area (Å²) in [5.74, 6) is 0.633. The molecule has 56 heavy (non-hydrogen) atoms. The summed E-state index contributed by atoms with van der Waals surface area (Å²) in [4.78, 5) is 35.8. The standard InChI is InChI=1S/C38H45N3O14S/c1-38(2,16-6-17-50-37(44)54-27-11-9-26(10-12-27)41(45)46)23-40(56(47,48)28-13-14-32-33(20-28)53-24-52-32)21-31(42)30(19-25-7-4-3-5-8-25)39-36(43)55-34-22-51-35-29(34)15-18-49-35/h3-5,7-14,20,29-31,34-35,42H,6,15-19,21-24H2,1-2H3,(H,39,43)/t29?,30-,31?,34?,35?/m0/s1. The molecular formula is C38H45N3O14S. The summed E-state index contributed by atoms with van der Waals surface area (Å²) < 4.78 is 68.0. The number of sulfonamides is 1. The van der Waals surface area contributed by atoms with Gasteiger partial charge in [0, 0.05) is 31.3 Å². The molecule has 2 N–H and O–H groups in total. The Morgan fingerprint density at radius 3 is 2.55 bits per heavy atom. The second-order valence-electron chi connectivity index (χ2n) is 14.5. The number of hydrogen-bond acceptors (Lipinski definition) is 14. The van der Waals surface area contributed by atoms with Gasteiger partial charge in [-0.05, 0) is 60.9 Å². The smallest absolute Gasteiger partial charge is 0.454 e. The van der Waals surface area contributed by atoms with Crippen LogP contribution >= 0.6 is 0 Å². The Morgan fingerprint density at radius 1 is 1.05 bits per heavy atom. The molecule has 3 aromatic carbocycles. The average Bonchev–Trinajstić information content (AvgIpc) is 3.92. The number of nitro benzene ring substituents is 1. The number of alkyl carbamates (subject to hydrolysis) is 1. The maximum Gasteiger partial charge on any atom is 0.513 e. The summed E-state index contributed by atoms with van der Waals surface area (Å²) in [6, 6.07) is 17.4. The summed E-state index contributed by atoms with van der Waals surface area (Å²) in [5, 5.41) is 25.5. The van der Waals surface area contributed by atoms with Crippen LogP contribution in [0.5, 0.6) is 17.2 Å². The molecule has 5 atom stereocenters. The number of carbonyl (C=O) groups excluding carboxylic acids is 2. The van der Waals surface area contributed by atoms with E-state index < -0.39 is 63.7 Å². The van der Waals surface area contributed by atoms with Crippen LogP contribution in [0, 0.1) is 21.4 Å². The lowest BCUT2D eigenvalue weighted by molar-refractivity contribution is -0.384. The molecule has 17 nitrogen and oxygen atoms in total. The number of benzene rings is 3. The van der Waals surface area contributed by atoms with Crippen molar-refractivity contribution in [2.24, 2.45) is 11.3 Å². The van der Waals surface area contributed by atoms with Gasteiger partial charge in [0.05, 0.1) is 47.7 Å². The van der Waals surface area contributed by atoms with Crippen LogP contribution in [0.25, 0.3) is 0 Å². The fourth-order valence-electron chi connectivity index (χ4n) is 6.82. The van der Waals surface area contributed by atoms with E-state index in [1.807, 2.05) is 44.2 Å². The average molecular weight is 800 g/mol. The monoisotopic (exact) mass is 799 g/mol. The van der Waals surface area contributed by atoms with Gasteiger partial charge in [-0.2, -0.15) is 4.31 Å². The second kappa shape index (κ2) is 17.8. The van der Waals surface area contributed by atoms with E-state index >= 15 is 0 Å². The molecule has 0 spiro atoms. The number of fused-ring (bicyclic) bond motifs is 2. The Bertz CT molecular complexity index is 1950. The molecule has 0 aromatic heterocycles. The van der Waals surface area contributed by atoms with Gasteiger partial charge in [-0.3, -0.25) is 10.1 Å². The number of ether oxygens (including phenoxy) is 7. The minimum absolute atomic E-state index is 0.0534. The Labute approximate surface area is 323 Å². The van der Waals surface area contributed by atoms with Crippen LogP contribution in [0.2, 0.25) is 0 Å². The van der Waals surface area contributed by atoms with Crippen molar-refractivity contribution in [3.05, 3.63) is 88.5 Å². The second-order valence-corrected chi connectivity index (χ2v) is 16.4. The van der Waals surface area contributed by atoms with Crippen molar-refractivity contribution >= 4 is 28.0 Å². The van der Waals surface area contributed by atoms with E-state index in [1.54, 1.807) is 0 Å². The van der Waals surface area contributed by atoms with Crippen molar-refractivity contribution in [3.63, 3.8) is 0 Å². The predicted molar refractivity (Wildman–Crippen MR) is 197 cm³/mol. The first-order valence-corrected chi connectivity index (χ1v) is 19.6. The third kappa shape index (κ3) is 10.4. The molecule has 3 heterocycles. The van der Waals surface area contributed by atoms with Crippen molar-refractivity contribution in [2.45, 2.75) is 69.0 Å². The molecule has 2 saturated heterocycles. The molecule has 0 bridgehead atoms. The molecule has 0 saturated carbocycles. The number of carbonyl (C=O) groups is 2. The van der Waals surface area contributed by atoms with Crippen molar-refractivity contribution < 1.29 is 61.2 Å². The molecule has 0 aliphatic carbocycles. The molecule has 302 valence electrons. The van der Waals surface area contributed by atoms with Crippen molar-refractivity contribution in [2.75, 3.05) is 39.7 Å². The molecule has 0 radical (unpaired) electrons. The first kappa shape index (κ1) is 40.6. The van der Waals surface area contributed by atoms with Gasteiger partial charge >= 0.3 is 12.2 Å². The molecule has 4 unspecified atom stereocenters. The molecule has 3 aliphatic rings. The van der Waals surface area contributed by atoms with Crippen LogP contribution in [-0.2, 0) is 35.4 Å². The minimum Gasteiger partial charge on any atom is -0.454 e. The SMILES string of the molecule is CC(C)(CCCOC(=O)Oc1ccc([N+](=O)[O-])cc1)CN(CC(O)[C@H](Cc1ccccc1)NC(=O)OC1COC2OCCC12)S(=O)(=O)c1ccc2c(c1)OCO2. The van der Waals surface area contributed by atoms with Gasteiger partial charge in [0.1, 0.15) is 11.9 Å². The zero-order valence-electron chi connectivity index (χ0n) is 30.9. The normalized spacial score (nSPS) is 19.9. The van der Waals surface area contributed by atoms with E-state index in [0.717, 1.165) is 5.56 Å². The third-order valence-electron chi connectivity index (χ3n) is 9.75. The van der Waals surface area contributed by atoms with Crippen LogP contribution in [0.15, 0.2) is 77.7 Å². The van der Waals surface area contributed by atoms with Crippen molar-refractivity contribution in [1.82, 2.24) is 9.62 Å². The highest BCUT2D eigenvalue weighted by Gasteiger charge is 2.44. The highest BCUT2D eigenvalue weighted by atomic mass is 32.2. The van der Waals surface area contributed by atoms with Crippen molar-refractivity contribution in [3.8, 4) is 17.2 Å². The maximum atomic E-state index is 14.4. The van der Waals surface area contributed by atoms with Crippen LogP contribution in [0.3, 0.4) is 0 Å². The van der Waals surface area contributed by atoms with Gasteiger partial charge in [0.2, 0.25) is 16.8 Å². The quantitative estimate of drug-likeness (QED) is 0.0618. The van der Waals surface area contributed by atoms with Gasteiger partial charge in [-0.25, -0.2) is 18.0 Å². The first-order valence-electron chi connectivity index (χ1n) is 18.2. The maximum absolute atomic E-state index is 14.4. The van der Waals surface area contributed by atoms with Gasteiger partial charge in [-0.15, -0.1) is 0 Å². The number of aliphatic hydroxyl groups excluding tert-OH is 1. The molecule has 6 rings (SSSR count). The van der Waals surface area contributed by atoms with Crippen LogP contribution < -0.4 is 19.5 Å². The number of nitrogens with one attached hydrogen (secondary N) is 1. The number of non-ortho nitro benzene ring substituents is 1. The molecule has 3 aliphatic heterocycles. The lowest BCUT2D eigenvalue weighted by Crippen LogP contribution is -2.52. The first-order chi connectivity index (χ1) is 26.8. The summed E-state index contributed by atoms with van der Waals surface area (Å²) in [6.07, 6.45) is -2.58. The summed E-state index contributed by atoms with van der Waals surface area (Å²) in [7, 11) is -4.29. The van der Waals surface area contributed by atoms with Gasteiger partial charge in [0.15, 0.2) is 17.8 Å². The third-order valence-corrected chi connectivity index (χ3v) is 11.6. The lowest BCUT2D eigenvalue weighted by atomic mass is 9.87. The molecule has 1 amide bonds. The van der Waals surface area contributed by atoms with E-state index in [-0.39, 0.29) is 61.0 Å². The zero-order valence-corrected chi connectivity index (χ0v) is 31.8. The Morgan fingerprint density at radius 2 is 1.80 bits per heavy atom. The largest absolute Gasteiger partial charge is 0.513 e. The van der Waals surface area contributed by atoms with Gasteiger partial charge in [-0.1, -0.05) is 44.2 Å². The molecular weight excluding hydrogens is 754 g/mol. The highest BCUT2D eigenvalue weighted by molar-refractivity contribution is 7.89. The number of nitro groups is 1. The van der Waals surface area contributed by atoms with E-state index in [2.05, 4.69) is 5.32 Å². The molecule has 18 heteroatoms. The lowest BCUT2D eigenvalue weighted by Gasteiger charge is -2.35. The van der Waals surface area contributed by atoms with E-state index in [9.17, 15) is 33.2 Å². The predicted octanol–water partition coefficient (Wildman–Crippen LogP) is 4.80. The summed E-state index contributed by atoms with van der Waals surface area (Å²) in [5.41, 5.74) is -0.0886. The Balaban J connectivity index is 1.14. The van der Waals surface area contributed by atoms with Gasteiger partial charge in [0.25, 0.3) is 5.69 Å². The number of nitrogens with zero attached hydrogens (tertiary/aromatic N) is 2. The molecule has 2 fully saturated rings. The Kier molecular flexibility index (Phi) is 13.0. The van der Waals surface area contributed by atoms with Crippen molar-refractivity contribution in [1.29, 1.82) is 0 Å². The minimum atomic E-state index is -4.29. The highest BCUT2D eigenvalue weighted by Crippen LogP contribution is 2.36. The summed E-state index contributed by atoms with van der Waals surface area (Å²) in [6.45, 7) is 3.78. The molecule has 3 aromatic rings. The Hall–Kier alpha value is -5.01. The fourth-order valence-corrected chi connectivity index (χ4v) is 8.48. The van der Waals surface area contributed by atoms with E-state index in [1.165, 1.54) is 46.8 Å². The topological polar surface area (TPSA) is 212 Å². The van der Waals surface area contributed by atoms with Gasteiger partial charge < -0.3 is 43.6 Å². The number of amides is 1. The van der Waals surface area contributed by atoms with Crippen LogP contribution in [0.1, 0.15) is 38.7 Å². The van der Waals surface area contributed by atoms with Crippen LogP contribution in [0.4, 0.5) is 15.3 Å². The fraction of sp³-hybridized carbons (Fsp3) is 0.474. The van der Waals surface area contributed by atoms with E-state index in [0.29, 0.717) is 31.6 Å². The number of aliphatic hydroxyl groups is 1.